The highest BCUT2D eigenvalue weighted by molar-refractivity contribution is 7.09. The number of pyridine rings is 1. The topological polar surface area (TPSA) is 54.9 Å². The van der Waals surface area contributed by atoms with Gasteiger partial charge < -0.3 is 5.32 Å². The Hall–Kier alpha value is -1.46. The van der Waals surface area contributed by atoms with Crippen molar-refractivity contribution in [1.29, 1.82) is 0 Å². The van der Waals surface area contributed by atoms with Gasteiger partial charge in [-0.1, -0.05) is 11.6 Å². The number of carbonyl (C=O) groups excluding carboxylic acids is 1. The average Bonchev–Trinajstić information content (AvgIpc) is 2.75. The van der Waals surface area contributed by atoms with Gasteiger partial charge in [0.25, 0.3) is 5.91 Å². The quantitative estimate of drug-likeness (QED) is 0.937. The van der Waals surface area contributed by atoms with E-state index in [4.69, 9.17) is 11.6 Å². The zero-order chi connectivity index (χ0) is 13.0. The van der Waals surface area contributed by atoms with Crippen LogP contribution in [0.4, 0.5) is 0 Å². The lowest BCUT2D eigenvalue weighted by Crippen LogP contribution is -2.26. The predicted octanol–water partition coefficient (Wildman–Crippen LogP) is 2.47. The maximum absolute atomic E-state index is 11.8. The van der Waals surface area contributed by atoms with Gasteiger partial charge in [-0.3, -0.25) is 9.78 Å². The van der Waals surface area contributed by atoms with E-state index in [9.17, 15) is 4.79 Å². The smallest absolute Gasteiger partial charge is 0.254 e. The third kappa shape index (κ3) is 3.27. The van der Waals surface area contributed by atoms with Gasteiger partial charge >= 0.3 is 0 Å². The number of hydrogen-bond acceptors (Lipinski definition) is 4. The number of halogens is 1. The molecule has 0 bridgehead atoms. The first-order valence-corrected chi connectivity index (χ1v) is 6.71. The summed E-state index contributed by atoms with van der Waals surface area (Å²) in [5.41, 5.74) is 1.41. The van der Waals surface area contributed by atoms with Crippen molar-refractivity contribution in [3.8, 4) is 0 Å². The lowest BCUT2D eigenvalue weighted by molar-refractivity contribution is 0.0954. The highest BCUT2D eigenvalue weighted by Gasteiger charge is 2.09. The lowest BCUT2D eigenvalue weighted by Gasteiger charge is -2.04. The summed E-state index contributed by atoms with van der Waals surface area (Å²) in [6, 6.07) is 1.60. The van der Waals surface area contributed by atoms with Crippen LogP contribution in [-0.2, 0) is 6.42 Å². The minimum atomic E-state index is -0.207. The molecule has 0 saturated heterocycles. The van der Waals surface area contributed by atoms with Crippen molar-refractivity contribution in [3.05, 3.63) is 45.1 Å². The maximum Gasteiger partial charge on any atom is 0.254 e. The average molecular weight is 282 g/mol. The second kappa shape index (κ2) is 5.93. The Morgan fingerprint density at radius 2 is 2.39 bits per heavy atom. The zero-order valence-corrected chi connectivity index (χ0v) is 11.4. The van der Waals surface area contributed by atoms with E-state index in [0.29, 0.717) is 17.1 Å². The minimum absolute atomic E-state index is 0.207. The second-order valence-electron chi connectivity index (χ2n) is 3.74. The fourth-order valence-electron chi connectivity index (χ4n) is 1.44. The molecule has 0 aromatic carbocycles. The largest absolute Gasteiger partial charge is 0.352 e. The fraction of sp³-hybridized carbons (Fsp3) is 0.250. The van der Waals surface area contributed by atoms with Gasteiger partial charge in [-0.25, -0.2) is 4.98 Å². The van der Waals surface area contributed by atoms with Gasteiger partial charge in [-0.05, 0) is 13.0 Å². The molecule has 0 radical (unpaired) electrons. The van der Waals surface area contributed by atoms with Crippen LogP contribution in [-0.4, -0.2) is 22.4 Å². The van der Waals surface area contributed by atoms with Crippen LogP contribution in [0.25, 0.3) is 0 Å². The number of nitrogens with zero attached hydrogens (tertiary/aromatic N) is 2. The molecule has 18 heavy (non-hydrogen) atoms. The molecule has 2 rings (SSSR count). The Balaban J connectivity index is 1.87. The summed E-state index contributed by atoms with van der Waals surface area (Å²) in [7, 11) is 0. The van der Waals surface area contributed by atoms with Crippen molar-refractivity contribution in [3.63, 3.8) is 0 Å². The van der Waals surface area contributed by atoms with E-state index in [2.05, 4.69) is 15.3 Å². The lowest BCUT2D eigenvalue weighted by atomic mass is 10.2. The highest BCUT2D eigenvalue weighted by atomic mass is 35.5. The summed E-state index contributed by atoms with van der Waals surface area (Å²) in [5, 5.41) is 6.22. The standard InChI is InChI=1S/C12H12ClN3OS/c1-8-7-18-11(16-8)3-5-15-12(17)9-6-14-4-2-10(9)13/h2,4,6-7H,3,5H2,1H3,(H,15,17). The Morgan fingerprint density at radius 3 is 3.06 bits per heavy atom. The van der Waals surface area contributed by atoms with Crippen LogP contribution in [0.1, 0.15) is 21.1 Å². The van der Waals surface area contributed by atoms with Crippen LogP contribution >= 0.6 is 22.9 Å². The maximum atomic E-state index is 11.8. The molecule has 1 amide bonds. The molecular weight excluding hydrogens is 270 g/mol. The van der Waals surface area contributed by atoms with E-state index < -0.39 is 0 Å². The third-order valence-corrected chi connectivity index (χ3v) is 3.66. The summed E-state index contributed by atoms with van der Waals surface area (Å²) in [5.74, 6) is -0.207. The van der Waals surface area contributed by atoms with Crippen molar-refractivity contribution in [2.75, 3.05) is 6.54 Å². The summed E-state index contributed by atoms with van der Waals surface area (Å²) < 4.78 is 0. The van der Waals surface area contributed by atoms with E-state index >= 15 is 0 Å². The molecule has 2 heterocycles. The molecule has 0 aliphatic carbocycles. The normalized spacial score (nSPS) is 10.3. The van der Waals surface area contributed by atoms with Gasteiger partial charge in [0, 0.05) is 36.4 Å². The predicted molar refractivity (Wildman–Crippen MR) is 72.1 cm³/mol. The molecule has 0 aliphatic rings. The number of thiazole rings is 1. The Bertz CT molecular complexity index is 556. The monoisotopic (exact) mass is 281 g/mol. The van der Waals surface area contributed by atoms with Crippen molar-refractivity contribution in [2.45, 2.75) is 13.3 Å². The molecule has 0 unspecified atom stereocenters. The van der Waals surface area contributed by atoms with Gasteiger partial charge in [0.1, 0.15) is 0 Å². The Labute approximate surface area is 114 Å². The molecule has 0 saturated carbocycles. The van der Waals surface area contributed by atoms with Crippen LogP contribution in [0.3, 0.4) is 0 Å². The number of aromatic nitrogens is 2. The van der Waals surface area contributed by atoms with E-state index in [-0.39, 0.29) is 5.91 Å². The van der Waals surface area contributed by atoms with Crippen LogP contribution in [0, 0.1) is 6.92 Å². The van der Waals surface area contributed by atoms with Crippen molar-refractivity contribution >= 4 is 28.8 Å². The van der Waals surface area contributed by atoms with E-state index in [0.717, 1.165) is 17.1 Å². The second-order valence-corrected chi connectivity index (χ2v) is 5.09. The number of nitrogens with one attached hydrogen (secondary N) is 1. The van der Waals surface area contributed by atoms with Gasteiger partial charge in [0.15, 0.2) is 0 Å². The summed E-state index contributed by atoms with van der Waals surface area (Å²) in [6.45, 7) is 2.49. The number of rotatable bonds is 4. The zero-order valence-electron chi connectivity index (χ0n) is 9.81. The molecule has 4 nitrogen and oxygen atoms in total. The van der Waals surface area contributed by atoms with Gasteiger partial charge in [0.2, 0.25) is 0 Å². The first-order valence-electron chi connectivity index (χ1n) is 5.45. The van der Waals surface area contributed by atoms with E-state index in [1.54, 1.807) is 23.6 Å². The first-order chi connectivity index (χ1) is 8.66. The number of carbonyl (C=O) groups is 1. The van der Waals surface area contributed by atoms with Crippen LogP contribution in [0.2, 0.25) is 5.02 Å². The molecule has 2 aromatic heterocycles. The minimum Gasteiger partial charge on any atom is -0.352 e. The summed E-state index contributed by atoms with van der Waals surface area (Å²) in [6.07, 6.45) is 3.74. The number of amides is 1. The highest BCUT2D eigenvalue weighted by Crippen LogP contribution is 2.13. The van der Waals surface area contributed by atoms with Gasteiger partial charge in [-0.15, -0.1) is 11.3 Å². The third-order valence-electron chi connectivity index (χ3n) is 2.30. The van der Waals surface area contributed by atoms with Crippen molar-refractivity contribution in [2.24, 2.45) is 0 Å². The molecule has 0 atom stereocenters. The molecule has 6 heteroatoms. The molecule has 0 fully saturated rings. The summed E-state index contributed by atoms with van der Waals surface area (Å²) in [4.78, 5) is 20.0. The fourth-order valence-corrected chi connectivity index (χ4v) is 2.41. The van der Waals surface area contributed by atoms with E-state index in [1.165, 1.54) is 6.20 Å². The molecule has 1 N–H and O–H groups in total. The number of hydrogen-bond donors (Lipinski definition) is 1. The van der Waals surface area contributed by atoms with E-state index in [1.807, 2.05) is 12.3 Å². The van der Waals surface area contributed by atoms with Crippen molar-refractivity contribution < 1.29 is 4.79 Å². The Kier molecular flexibility index (Phi) is 4.28. The molecule has 0 spiro atoms. The molecular formula is C12H12ClN3OS. The van der Waals surface area contributed by atoms with Crippen LogP contribution in [0.5, 0.6) is 0 Å². The Morgan fingerprint density at radius 1 is 1.56 bits per heavy atom. The number of aryl methyl sites for hydroxylation is 1. The molecule has 94 valence electrons. The first kappa shape index (κ1) is 13.0. The van der Waals surface area contributed by atoms with Crippen LogP contribution in [0.15, 0.2) is 23.8 Å². The van der Waals surface area contributed by atoms with Crippen molar-refractivity contribution in [1.82, 2.24) is 15.3 Å². The van der Waals surface area contributed by atoms with Crippen LogP contribution < -0.4 is 5.32 Å². The van der Waals surface area contributed by atoms with Gasteiger partial charge in [-0.2, -0.15) is 0 Å². The summed E-state index contributed by atoms with van der Waals surface area (Å²) >= 11 is 7.51. The molecule has 2 aromatic rings. The van der Waals surface area contributed by atoms with Gasteiger partial charge in [0.05, 0.1) is 15.6 Å². The SMILES string of the molecule is Cc1csc(CCNC(=O)c2cnccc2Cl)n1. The molecule has 0 aliphatic heterocycles.